The molecule has 3 fully saturated rings. The summed E-state index contributed by atoms with van der Waals surface area (Å²) in [6.45, 7) is 0. The molecule has 0 aromatic rings. The van der Waals surface area contributed by atoms with Gasteiger partial charge >= 0.3 is 5.97 Å². The number of ether oxygens (including phenoxy) is 2. The number of carbonyl (C=O) groups is 1. The van der Waals surface area contributed by atoms with Crippen molar-refractivity contribution in [1.82, 2.24) is 0 Å². The molecule has 3 rings (SSSR count). The summed E-state index contributed by atoms with van der Waals surface area (Å²) in [5, 5.41) is 0. The van der Waals surface area contributed by atoms with Crippen LogP contribution in [-0.4, -0.2) is 24.8 Å². The van der Waals surface area contributed by atoms with Crippen molar-refractivity contribution in [3.8, 4) is 0 Å². The van der Waals surface area contributed by atoms with E-state index in [1.165, 1.54) is 6.42 Å². The summed E-state index contributed by atoms with van der Waals surface area (Å²) in [7, 11) is 1.71. The van der Waals surface area contributed by atoms with Gasteiger partial charge in [-0.3, -0.25) is 4.79 Å². The van der Waals surface area contributed by atoms with E-state index in [-0.39, 0.29) is 23.6 Å². The molecule has 1 saturated heterocycles. The normalized spacial score (nSPS) is 54.8. The van der Waals surface area contributed by atoms with Crippen molar-refractivity contribution in [2.75, 3.05) is 7.11 Å². The van der Waals surface area contributed by atoms with Gasteiger partial charge in [0.15, 0.2) is 0 Å². The van der Waals surface area contributed by atoms with E-state index in [9.17, 15) is 4.79 Å². The van der Waals surface area contributed by atoms with Crippen LogP contribution in [0.3, 0.4) is 0 Å². The van der Waals surface area contributed by atoms with Crippen molar-refractivity contribution in [2.24, 2.45) is 11.8 Å². The van der Waals surface area contributed by atoms with Gasteiger partial charge in [-0.25, -0.2) is 0 Å². The molecule has 0 aromatic heterocycles. The van der Waals surface area contributed by atoms with E-state index in [4.69, 9.17) is 9.47 Å². The highest BCUT2D eigenvalue weighted by Gasteiger charge is 2.71. The van der Waals surface area contributed by atoms with Crippen LogP contribution in [0.15, 0.2) is 0 Å². The Balaban J connectivity index is 2.04. The van der Waals surface area contributed by atoms with Crippen molar-refractivity contribution in [3.63, 3.8) is 0 Å². The lowest BCUT2D eigenvalue weighted by molar-refractivity contribution is -0.157. The Morgan fingerprint density at radius 3 is 3.08 bits per heavy atom. The van der Waals surface area contributed by atoms with Crippen molar-refractivity contribution < 1.29 is 14.3 Å². The number of carbonyl (C=O) groups excluding carboxylic acids is 1. The predicted octanol–water partition coefficient (Wildman–Crippen LogP) is 0.727. The molecule has 0 bridgehead atoms. The van der Waals surface area contributed by atoms with E-state index in [0.29, 0.717) is 5.92 Å². The van der Waals surface area contributed by atoms with Crippen LogP contribution < -0.4 is 0 Å². The molecule has 0 amide bonds. The third-order valence-corrected chi connectivity index (χ3v) is 3.88. The lowest BCUT2D eigenvalue weighted by atomic mass is 9.63. The summed E-state index contributed by atoms with van der Waals surface area (Å²) >= 11 is 0. The first-order valence-corrected chi connectivity index (χ1v) is 4.54. The molecule has 1 heterocycles. The summed E-state index contributed by atoms with van der Waals surface area (Å²) < 4.78 is 10.8. The maximum atomic E-state index is 11.3. The maximum absolute atomic E-state index is 11.3. The summed E-state index contributed by atoms with van der Waals surface area (Å²) in [6.07, 6.45) is 3.23. The predicted molar refractivity (Wildman–Crippen MR) is 40.5 cm³/mol. The molecule has 0 spiro atoms. The van der Waals surface area contributed by atoms with Crippen LogP contribution >= 0.6 is 0 Å². The van der Waals surface area contributed by atoms with Crippen LogP contribution in [0.25, 0.3) is 0 Å². The van der Waals surface area contributed by atoms with Gasteiger partial charge in [-0.05, 0) is 25.2 Å². The Bertz CT molecular complexity index is 250. The lowest BCUT2D eigenvalue weighted by Crippen LogP contribution is -2.56. The minimum absolute atomic E-state index is 0.0298. The van der Waals surface area contributed by atoms with E-state index in [1.807, 2.05) is 0 Å². The molecule has 0 unspecified atom stereocenters. The summed E-state index contributed by atoms with van der Waals surface area (Å²) in [6, 6.07) is 0. The molecule has 4 atom stereocenters. The molecule has 0 radical (unpaired) electrons. The third-order valence-electron chi connectivity index (χ3n) is 3.88. The van der Waals surface area contributed by atoms with Crippen LogP contribution in [0, 0.1) is 11.8 Å². The monoisotopic (exact) mass is 168 g/mol. The van der Waals surface area contributed by atoms with Crippen LogP contribution in [0.2, 0.25) is 0 Å². The number of hydrogen-bond donors (Lipinski definition) is 0. The third kappa shape index (κ3) is 0.478. The smallest absolute Gasteiger partial charge is 0.312 e. The number of hydrogen-bond acceptors (Lipinski definition) is 3. The quantitative estimate of drug-likeness (QED) is 0.541. The molecule has 2 aliphatic carbocycles. The zero-order valence-electron chi connectivity index (χ0n) is 7.08. The van der Waals surface area contributed by atoms with Gasteiger partial charge in [0, 0.05) is 7.11 Å². The molecule has 0 N–H and O–H groups in total. The van der Waals surface area contributed by atoms with Crippen molar-refractivity contribution >= 4 is 5.97 Å². The Morgan fingerprint density at radius 1 is 1.58 bits per heavy atom. The van der Waals surface area contributed by atoms with Crippen molar-refractivity contribution in [2.45, 2.75) is 31.0 Å². The SMILES string of the molecule is CO[C@]12[C@@H]3CC[C@H]1OC(=O)[C@H]2C3. The Kier molecular flexibility index (Phi) is 1.06. The minimum atomic E-state index is -0.197. The second kappa shape index (κ2) is 1.84. The maximum Gasteiger partial charge on any atom is 0.312 e. The standard InChI is InChI=1S/C9H12O3/c1-11-9-5-2-3-7(9)12-8(10)6(9)4-5/h5-7H,2-4H2,1H3/t5-,6-,7-,9+/m1/s1. The van der Waals surface area contributed by atoms with Gasteiger partial charge in [0.1, 0.15) is 11.7 Å². The van der Waals surface area contributed by atoms with E-state index in [2.05, 4.69) is 0 Å². The molecule has 12 heavy (non-hydrogen) atoms. The van der Waals surface area contributed by atoms with Gasteiger partial charge in [-0.2, -0.15) is 0 Å². The van der Waals surface area contributed by atoms with Crippen molar-refractivity contribution in [1.29, 1.82) is 0 Å². The molecular weight excluding hydrogens is 156 g/mol. The van der Waals surface area contributed by atoms with E-state index < -0.39 is 0 Å². The van der Waals surface area contributed by atoms with E-state index in [0.717, 1.165) is 12.8 Å². The Hall–Kier alpha value is -0.570. The fourth-order valence-corrected chi connectivity index (χ4v) is 3.28. The fraction of sp³-hybridized carbons (Fsp3) is 0.889. The average Bonchev–Trinajstić information content (AvgIpc) is 2.33. The van der Waals surface area contributed by atoms with E-state index >= 15 is 0 Å². The largest absolute Gasteiger partial charge is 0.459 e. The molecule has 3 aliphatic rings. The fourth-order valence-electron chi connectivity index (χ4n) is 3.28. The second-order valence-electron chi connectivity index (χ2n) is 4.05. The zero-order chi connectivity index (χ0) is 8.34. The molecule has 2 saturated carbocycles. The molecule has 1 aliphatic heterocycles. The van der Waals surface area contributed by atoms with E-state index in [1.54, 1.807) is 7.11 Å². The highest BCUT2D eigenvalue weighted by atomic mass is 16.6. The van der Waals surface area contributed by atoms with Crippen LogP contribution in [0.5, 0.6) is 0 Å². The van der Waals surface area contributed by atoms with Gasteiger partial charge in [-0.1, -0.05) is 0 Å². The molecule has 3 heteroatoms. The van der Waals surface area contributed by atoms with Gasteiger partial charge in [0.05, 0.1) is 5.92 Å². The second-order valence-corrected chi connectivity index (χ2v) is 4.05. The highest BCUT2D eigenvalue weighted by Crippen LogP contribution is 2.61. The number of rotatable bonds is 1. The molecule has 0 aromatic carbocycles. The zero-order valence-corrected chi connectivity index (χ0v) is 7.08. The Morgan fingerprint density at radius 2 is 2.42 bits per heavy atom. The molecule has 66 valence electrons. The summed E-state index contributed by atoms with van der Waals surface area (Å²) in [5.74, 6) is 0.613. The summed E-state index contributed by atoms with van der Waals surface area (Å²) in [4.78, 5) is 11.3. The minimum Gasteiger partial charge on any atom is -0.459 e. The van der Waals surface area contributed by atoms with Crippen LogP contribution in [0.4, 0.5) is 0 Å². The Labute approximate surface area is 71.0 Å². The first kappa shape index (κ1) is 6.89. The first-order valence-electron chi connectivity index (χ1n) is 4.54. The number of methoxy groups -OCH3 is 1. The first-order chi connectivity index (χ1) is 5.79. The number of esters is 1. The van der Waals surface area contributed by atoms with Gasteiger partial charge in [-0.15, -0.1) is 0 Å². The van der Waals surface area contributed by atoms with Gasteiger partial charge in [0.2, 0.25) is 0 Å². The average molecular weight is 168 g/mol. The summed E-state index contributed by atoms with van der Waals surface area (Å²) in [5.41, 5.74) is -0.197. The molecule has 3 nitrogen and oxygen atoms in total. The van der Waals surface area contributed by atoms with Gasteiger partial charge < -0.3 is 9.47 Å². The lowest BCUT2D eigenvalue weighted by Gasteiger charge is -2.45. The van der Waals surface area contributed by atoms with Crippen LogP contribution in [-0.2, 0) is 14.3 Å². The van der Waals surface area contributed by atoms with Crippen molar-refractivity contribution in [3.05, 3.63) is 0 Å². The highest BCUT2D eigenvalue weighted by molar-refractivity contribution is 5.79. The van der Waals surface area contributed by atoms with Gasteiger partial charge in [0.25, 0.3) is 0 Å². The van der Waals surface area contributed by atoms with Crippen LogP contribution in [0.1, 0.15) is 19.3 Å². The topological polar surface area (TPSA) is 35.5 Å². The molecular formula is C9H12O3.